The summed E-state index contributed by atoms with van der Waals surface area (Å²) in [6, 6.07) is 4.02. The first-order valence-electron chi connectivity index (χ1n) is 5.42. The molecule has 1 aromatic carbocycles. The molecule has 0 saturated carbocycles. The molecule has 0 fully saturated rings. The molecule has 0 aliphatic rings. The van der Waals surface area contributed by atoms with Gasteiger partial charge in [-0.2, -0.15) is 22.0 Å². The molecule has 0 aliphatic carbocycles. The van der Waals surface area contributed by atoms with Gasteiger partial charge < -0.3 is 16.0 Å². The van der Waals surface area contributed by atoms with E-state index in [9.17, 15) is 31.5 Å². The number of nitrogens with one attached hydrogen (secondary N) is 3. The van der Waals surface area contributed by atoms with Crippen LogP contribution in [0.5, 0.6) is 0 Å². The highest BCUT2D eigenvalue weighted by atomic mass is 19.4. The Bertz CT molecular complexity index is 528. The van der Waals surface area contributed by atoms with Crippen molar-refractivity contribution in [1.82, 2.24) is 5.32 Å². The Balaban J connectivity index is 2.76. The molecular weight excluding hydrogens is 301 g/mol. The molecule has 3 N–H and O–H groups in total. The summed E-state index contributed by atoms with van der Waals surface area (Å²) < 4.78 is 61.3. The van der Waals surface area contributed by atoms with Crippen LogP contribution in [0.2, 0.25) is 0 Å². The van der Waals surface area contributed by atoms with E-state index in [2.05, 4.69) is 10.6 Å². The summed E-state index contributed by atoms with van der Waals surface area (Å²) in [5.74, 6) is -7.98. The van der Waals surface area contributed by atoms with Gasteiger partial charge in [0.1, 0.15) is 0 Å². The lowest BCUT2D eigenvalue weighted by Gasteiger charge is -2.18. The van der Waals surface area contributed by atoms with Gasteiger partial charge in [-0.05, 0) is 24.3 Å². The van der Waals surface area contributed by atoms with Crippen molar-refractivity contribution in [2.75, 3.05) is 17.7 Å². The number of hydrogen-bond donors (Lipinski definition) is 3. The van der Waals surface area contributed by atoms with Crippen LogP contribution >= 0.6 is 0 Å². The molecule has 0 unspecified atom stereocenters. The monoisotopic (exact) mass is 311 g/mol. The predicted octanol–water partition coefficient (Wildman–Crippen LogP) is 2.57. The van der Waals surface area contributed by atoms with E-state index in [0.29, 0.717) is 0 Å². The lowest BCUT2D eigenvalue weighted by molar-refractivity contribution is -0.267. The molecule has 3 amide bonds. The minimum Gasteiger partial charge on any atom is -0.341 e. The number of urea groups is 1. The van der Waals surface area contributed by atoms with E-state index in [1.165, 1.54) is 24.5 Å². The van der Waals surface area contributed by atoms with Crippen molar-refractivity contribution >= 4 is 23.3 Å². The van der Waals surface area contributed by atoms with Crippen LogP contribution in [0.3, 0.4) is 0 Å². The van der Waals surface area contributed by atoms with E-state index >= 15 is 0 Å². The summed E-state index contributed by atoms with van der Waals surface area (Å²) in [5.41, 5.74) is -0.0127. The normalized spacial score (nSPS) is 11.7. The zero-order valence-corrected chi connectivity index (χ0v) is 10.5. The zero-order valence-electron chi connectivity index (χ0n) is 10.5. The van der Waals surface area contributed by atoms with Crippen LogP contribution in [0, 0.1) is 0 Å². The van der Waals surface area contributed by atoms with Gasteiger partial charge >= 0.3 is 24.0 Å². The van der Waals surface area contributed by atoms with Gasteiger partial charge in [0.2, 0.25) is 0 Å². The first kappa shape index (κ1) is 16.7. The molecule has 0 saturated heterocycles. The van der Waals surface area contributed by atoms with Crippen LogP contribution in [-0.2, 0) is 4.79 Å². The number of hydrogen-bond acceptors (Lipinski definition) is 2. The molecule has 10 heteroatoms. The van der Waals surface area contributed by atoms with E-state index in [-0.39, 0.29) is 11.4 Å². The zero-order chi connectivity index (χ0) is 16.3. The highest BCUT2D eigenvalue weighted by molar-refractivity contribution is 5.97. The van der Waals surface area contributed by atoms with Gasteiger partial charge in [-0.3, -0.25) is 4.79 Å². The van der Waals surface area contributed by atoms with Crippen LogP contribution in [0.15, 0.2) is 24.3 Å². The SMILES string of the molecule is CNC(=O)Nc1ccc(NC(=O)C(F)(F)C(F)(F)F)cc1. The van der Waals surface area contributed by atoms with Crippen LogP contribution in [0.1, 0.15) is 0 Å². The topological polar surface area (TPSA) is 70.2 Å². The first-order valence-corrected chi connectivity index (χ1v) is 5.42. The summed E-state index contributed by atoms with van der Waals surface area (Å²) in [6.45, 7) is 0. The fraction of sp³-hybridized carbons (Fsp3) is 0.273. The number of rotatable bonds is 3. The molecule has 0 spiro atoms. The fourth-order valence-corrected chi connectivity index (χ4v) is 1.17. The second-order valence-corrected chi connectivity index (χ2v) is 3.81. The molecule has 0 aliphatic heterocycles. The van der Waals surface area contributed by atoms with Crippen molar-refractivity contribution in [3.05, 3.63) is 24.3 Å². The first-order chi connectivity index (χ1) is 9.57. The maximum atomic E-state index is 12.7. The second kappa shape index (κ2) is 5.94. The van der Waals surface area contributed by atoms with Crippen LogP contribution in [0.25, 0.3) is 0 Å². The predicted molar refractivity (Wildman–Crippen MR) is 64.2 cm³/mol. The molecule has 116 valence electrons. The van der Waals surface area contributed by atoms with E-state index in [4.69, 9.17) is 0 Å². The lowest BCUT2D eigenvalue weighted by atomic mass is 10.2. The number of alkyl halides is 5. The highest BCUT2D eigenvalue weighted by Gasteiger charge is 2.63. The van der Waals surface area contributed by atoms with E-state index in [0.717, 1.165) is 12.1 Å². The second-order valence-electron chi connectivity index (χ2n) is 3.81. The molecule has 1 rings (SSSR count). The highest BCUT2D eigenvalue weighted by Crippen LogP contribution is 2.36. The van der Waals surface area contributed by atoms with Gasteiger partial charge in [0, 0.05) is 18.4 Å². The van der Waals surface area contributed by atoms with Crippen molar-refractivity contribution in [1.29, 1.82) is 0 Å². The van der Waals surface area contributed by atoms with Gasteiger partial charge in [-0.1, -0.05) is 0 Å². The Morgan fingerprint density at radius 3 is 1.71 bits per heavy atom. The molecular formula is C11H10F5N3O2. The van der Waals surface area contributed by atoms with E-state index < -0.39 is 24.0 Å². The molecule has 21 heavy (non-hydrogen) atoms. The van der Waals surface area contributed by atoms with Gasteiger partial charge in [-0.15, -0.1) is 0 Å². The number of amides is 3. The Kier molecular flexibility index (Phi) is 4.71. The van der Waals surface area contributed by atoms with Crippen molar-refractivity contribution in [2.45, 2.75) is 12.1 Å². The van der Waals surface area contributed by atoms with Crippen molar-refractivity contribution in [3.8, 4) is 0 Å². The summed E-state index contributed by atoms with van der Waals surface area (Å²) in [6.07, 6.45) is -5.97. The maximum Gasteiger partial charge on any atom is 0.463 e. The third-order valence-electron chi connectivity index (χ3n) is 2.27. The minimum absolute atomic E-state index is 0.259. The van der Waals surface area contributed by atoms with Crippen molar-refractivity contribution < 1.29 is 31.5 Å². The number of carbonyl (C=O) groups is 2. The quantitative estimate of drug-likeness (QED) is 0.751. The number of halogens is 5. The number of benzene rings is 1. The summed E-state index contributed by atoms with van der Waals surface area (Å²) in [5, 5.41) is 6.03. The van der Waals surface area contributed by atoms with Crippen LogP contribution in [0.4, 0.5) is 38.1 Å². The third-order valence-corrected chi connectivity index (χ3v) is 2.27. The standard InChI is InChI=1S/C11H10F5N3O2/c1-17-9(21)19-7-4-2-6(3-5-7)18-8(20)10(12,13)11(14,15)16/h2-5H,1H3,(H,18,20)(H2,17,19,21). The van der Waals surface area contributed by atoms with E-state index in [1.807, 2.05) is 0 Å². The van der Waals surface area contributed by atoms with Gasteiger partial charge in [-0.25, -0.2) is 4.79 Å². The van der Waals surface area contributed by atoms with Gasteiger partial charge in [0.15, 0.2) is 0 Å². The maximum absolute atomic E-state index is 12.7. The summed E-state index contributed by atoms with van der Waals surface area (Å²) >= 11 is 0. The Hall–Kier alpha value is -2.39. The molecule has 1 aromatic rings. The lowest BCUT2D eigenvalue weighted by Crippen LogP contribution is -2.47. The van der Waals surface area contributed by atoms with Crippen molar-refractivity contribution in [2.24, 2.45) is 0 Å². The molecule has 0 heterocycles. The van der Waals surface area contributed by atoms with Gasteiger partial charge in [0.25, 0.3) is 0 Å². The average Bonchev–Trinajstić information content (AvgIpc) is 2.39. The minimum atomic E-state index is -5.97. The number of carbonyl (C=O) groups excluding carboxylic acids is 2. The summed E-state index contributed by atoms with van der Waals surface area (Å²) in [7, 11) is 1.36. The Morgan fingerprint density at radius 2 is 1.33 bits per heavy atom. The fourth-order valence-electron chi connectivity index (χ4n) is 1.17. The van der Waals surface area contributed by atoms with Crippen molar-refractivity contribution in [3.63, 3.8) is 0 Å². The van der Waals surface area contributed by atoms with Crippen LogP contribution in [-0.4, -0.2) is 31.1 Å². The molecule has 0 aromatic heterocycles. The van der Waals surface area contributed by atoms with Gasteiger partial charge in [0.05, 0.1) is 0 Å². The largest absolute Gasteiger partial charge is 0.463 e. The molecule has 0 bridgehead atoms. The molecule has 0 atom stereocenters. The molecule has 5 nitrogen and oxygen atoms in total. The smallest absolute Gasteiger partial charge is 0.341 e. The van der Waals surface area contributed by atoms with E-state index in [1.54, 1.807) is 0 Å². The molecule has 0 radical (unpaired) electrons. The Labute approximate surface area is 115 Å². The average molecular weight is 311 g/mol. The van der Waals surface area contributed by atoms with Crippen LogP contribution < -0.4 is 16.0 Å². The number of anilines is 2. The summed E-state index contributed by atoms with van der Waals surface area (Å²) in [4.78, 5) is 21.9. The Morgan fingerprint density at radius 1 is 0.905 bits per heavy atom. The third kappa shape index (κ3) is 4.04.